The predicted octanol–water partition coefficient (Wildman–Crippen LogP) is -0.0376. The van der Waals surface area contributed by atoms with Crippen molar-refractivity contribution in [2.45, 2.75) is 32.7 Å². The molecular formula is C9H22N4OS. The Labute approximate surface area is 94.3 Å². The Morgan fingerprint density at radius 2 is 2.27 bits per heavy atom. The lowest BCUT2D eigenvalue weighted by Gasteiger charge is -2.15. The SMILES string of the molecule is CCCCN=C(NN)NC(C)CS(C)=O. The summed E-state index contributed by atoms with van der Waals surface area (Å²) >= 11 is 0. The van der Waals surface area contributed by atoms with Crippen LogP contribution in [0.3, 0.4) is 0 Å². The molecule has 0 heterocycles. The number of hydrogen-bond acceptors (Lipinski definition) is 3. The smallest absolute Gasteiger partial charge is 0.205 e. The molecular weight excluding hydrogens is 212 g/mol. The van der Waals surface area contributed by atoms with E-state index in [0.717, 1.165) is 19.4 Å². The van der Waals surface area contributed by atoms with Crippen LogP contribution in [0.25, 0.3) is 0 Å². The molecule has 0 radical (unpaired) electrons. The second-order valence-corrected chi connectivity index (χ2v) is 4.99. The number of rotatable bonds is 6. The van der Waals surface area contributed by atoms with E-state index in [1.54, 1.807) is 6.26 Å². The fraction of sp³-hybridized carbons (Fsp3) is 0.889. The van der Waals surface area contributed by atoms with E-state index in [1.165, 1.54) is 0 Å². The van der Waals surface area contributed by atoms with Crippen molar-refractivity contribution >= 4 is 16.8 Å². The second-order valence-electron chi connectivity index (χ2n) is 3.51. The van der Waals surface area contributed by atoms with Gasteiger partial charge in [-0.3, -0.25) is 14.6 Å². The van der Waals surface area contributed by atoms with E-state index in [0.29, 0.717) is 11.7 Å². The average molecular weight is 234 g/mol. The highest BCUT2D eigenvalue weighted by Crippen LogP contribution is 1.89. The van der Waals surface area contributed by atoms with Crippen LogP contribution in [0, 0.1) is 0 Å². The molecule has 90 valence electrons. The summed E-state index contributed by atoms with van der Waals surface area (Å²) in [6, 6.07) is 0.104. The van der Waals surface area contributed by atoms with Gasteiger partial charge in [0, 0.05) is 35.4 Å². The molecule has 0 fully saturated rings. The van der Waals surface area contributed by atoms with Crippen LogP contribution in [0.1, 0.15) is 26.7 Å². The minimum atomic E-state index is -0.807. The van der Waals surface area contributed by atoms with Gasteiger partial charge in [-0.15, -0.1) is 0 Å². The molecule has 0 saturated carbocycles. The first kappa shape index (κ1) is 14.4. The van der Waals surface area contributed by atoms with Gasteiger partial charge in [-0.05, 0) is 13.3 Å². The predicted molar refractivity (Wildman–Crippen MR) is 66.1 cm³/mol. The highest BCUT2D eigenvalue weighted by Gasteiger charge is 2.05. The van der Waals surface area contributed by atoms with Crippen LogP contribution < -0.4 is 16.6 Å². The van der Waals surface area contributed by atoms with Crippen molar-refractivity contribution in [1.82, 2.24) is 10.7 Å². The number of aliphatic imine (C=N–C) groups is 1. The molecule has 0 aromatic rings. The summed E-state index contributed by atoms with van der Waals surface area (Å²) in [6.45, 7) is 4.82. The summed E-state index contributed by atoms with van der Waals surface area (Å²) in [5.74, 6) is 6.48. The Kier molecular flexibility index (Phi) is 8.31. The van der Waals surface area contributed by atoms with Gasteiger partial charge in [0.1, 0.15) is 0 Å². The summed E-state index contributed by atoms with van der Waals surface area (Å²) < 4.78 is 11.0. The zero-order valence-corrected chi connectivity index (χ0v) is 10.6. The van der Waals surface area contributed by atoms with Crippen molar-refractivity contribution in [1.29, 1.82) is 0 Å². The molecule has 0 aliphatic heterocycles. The lowest BCUT2D eigenvalue weighted by Crippen LogP contribution is -2.47. The molecule has 0 amide bonds. The average Bonchev–Trinajstić information content (AvgIpc) is 2.15. The first-order chi connectivity index (χ1) is 7.10. The van der Waals surface area contributed by atoms with Crippen LogP contribution in [-0.4, -0.2) is 34.8 Å². The molecule has 15 heavy (non-hydrogen) atoms. The fourth-order valence-corrected chi connectivity index (χ4v) is 1.90. The van der Waals surface area contributed by atoms with Gasteiger partial charge in [0.2, 0.25) is 5.96 Å². The quantitative estimate of drug-likeness (QED) is 0.198. The number of hydrogen-bond donors (Lipinski definition) is 3. The van der Waals surface area contributed by atoms with Crippen molar-refractivity contribution in [2.75, 3.05) is 18.6 Å². The Morgan fingerprint density at radius 1 is 1.60 bits per heavy atom. The molecule has 0 aliphatic rings. The summed E-state index contributed by atoms with van der Waals surface area (Å²) in [5.41, 5.74) is 2.51. The molecule has 6 heteroatoms. The number of hydrazine groups is 1. The van der Waals surface area contributed by atoms with Gasteiger partial charge in [-0.1, -0.05) is 13.3 Å². The highest BCUT2D eigenvalue weighted by molar-refractivity contribution is 7.84. The monoisotopic (exact) mass is 234 g/mol. The molecule has 0 aliphatic carbocycles. The molecule has 4 N–H and O–H groups in total. The van der Waals surface area contributed by atoms with Gasteiger partial charge in [0.15, 0.2) is 0 Å². The van der Waals surface area contributed by atoms with Crippen molar-refractivity contribution < 1.29 is 4.21 Å². The normalized spacial score (nSPS) is 15.9. The van der Waals surface area contributed by atoms with Gasteiger partial charge in [0.25, 0.3) is 0 Å². The highest BCUT2D eigenvalue weighted by atomic mass is 32.2. The molecule has 0 aromatic heterocycles. The lowest BCUT2D eigenvalue weighted by atomic mass is 10.3. The number of nitrogens with two attached hydrogens (primary N) is 1. The third kappa shape index (κ3) is 8.38. The number of guanidine groups is 1. The second kappa shape index (κ2) is 8.67. The van der Waals surface area contributed by atoms with Crippen LogP contribution in [-0.2, 0) is 10.8 Å². The Bertz CT molecular complexity index is 220. The fourth-order valence-electron chi connectivity index (χ4n) is 1.11. The van der Waals surface area contributed by atoms with Crippen molar-refractivity contribution in [2.24, 2.45) is 10.8 Å². The summed E-state index contributed by atoms with van der Waals surface area (Å²) in [5, 5.41) is 3.08. The maximum atomic E-state index is 11.0. The van der Waals surface area contributed by atoms with Crippen molar-refractivity contribution in [3.8, 4) is 0 Å². The van der Waals surface area contributed by atoms with Crippen LogP contribution in [0.4, 0.5) is 0 Å². The summed E-state index contributed by atoms with van der Waals surface area (Å²) in [4.78, 5) is 4.25. The van der Waals surface area contributed by atoms with Gasteiger partial charge in [-0.2, -0.15) is 0 Å². The van der Waals surface area contributed by atoms with E-state index in [1.807, 2.05) is 6.92 Å². The Hall–Kier alpha value is -0.620. The minimum Gasteiger partial charge on any atom is -0.352 e. The van der Waals surface area contributed by atoms with Crippen molar-refractivity contribution in [3.05, 3.63) is 0 Å². The maximum Gasteiger partial charge on any atom is 0.205 e. The van der Waals surface area contributed by atoms with Crippen LogP contribution in [0.5, 0.6) is 0 Å². The molecule has 5 nitrogen and oxygen atoms in total. The molecule has 0 aromatic carbocycles. The van der Waals surface area contributed by atoms with Crippen LogP contribution in [0.2, 0.25) is 0 Å². The minimum absolute atomic E-state index is 0.104. The number of nitrogens with zero attached hydrogens (tertiary/aromatic N) is 1. The zero-order chi connectivity index (χ0) is 11.7. The Morgan fingerprint density at radius 3 is 2.73 bits per heavy atom. The topological polar surface area (TPSA) is 79.5 Å². The van der Waals surface area contributed by atoms with Gasteiger partial charge in [0.05, 0.1) is 0 Å². The van der Waals surface area contributed by atoms with Crippen LogP contribution in [0.15, 0.2) is 4.99 Å². The Balaban J connectivity index is 3.96. The van der Waals surface area contributed by atoms with Crippen molar-refractivity contribution in [3.63, 3.8) is 0 Å². The first-order valence-electron chi connectivity index (χ1n) is 5.17. The standard InChI is InChI=1S/C9H22N4OS/c1-4-5-6-11-9(13-10)12-8(2)7-15(3)14/h8H,4-7,10H2,1-3H3,(H2,11,12,13). The molecule has 0 rings (SSSR count). The lowest BCUT2D eigenvalue weighted by molar-refractivity contribution is 0.664. The first-order valence-corrected chi connectivity index (χ1v) is 6.90. The number of nitrogens with one attached hydrogen (secondary N) is 2. The third-order valence-corrected chi connectivity index (χ3v) is 2.76. The van der Waals surface area contributed by atoms with E-state index in [9.17, 15) is 4.21 Å². The van der Waals surface area contributed by atoms with E-state index < -0.39 is 10.8 Å². The number of unbranched alkanes of at least 4 members (excludes halogenated alkanes) is 1. The zero-order valence-electron chi connectivity index (χ0n) is 9.75. The largest absolute Gasteiger partial charge is 0.352 e. The van der Waals surface area contributed by atoms with Gasteiger partial charge < -0.3 is 5.32 Å². The van der Waals surface area contributed by atoms with E-state index in [4.69, 9.17) is 5.84 Å². The van der Waals surface area contributed by atoms with E-state index in [-0.39, 0.29) is 6.04 Å². The molecule has 0 bridgehead atoms. The molecule has 2 atom stereocenters. The third-order valence-electron chi connectivity index (χ3n) is 1.79. The molecule has 2 unspecified atom stereocenters. The molecule has 0 saturated heterocycles. The van der Waals surface area contributed by atoms with Gasteiger partial charge >= 0.3 is 0 Å². The maximum absolute atomic E-state index is 11.0. The van der Waals surface area contributed by atoms with E-state index >= 15 is 0 Å². The van der Waals surface area contributed by atoms with Gasteiger partial charge in [-0.25, -0.2) is 5.84 Å². The van der Waals surface area contributed by atoms with Crippen LogP contribution >= 0.6 is 0 Å². The summed E-state index contributed by atoms with van der Waals surface area (Å²) in [7, 11) is -0.807. The van der Waals surface area contributed by atoms with E-state index in [2.05, 4.69) is 22.7 Å². The summed E-state index contributed by atoms with van der Waals surface area (Å²) in [6.07, 6.45) is 3.83. The molecule has 0 spiro atoms.